The number of hydrogen-bond acceptors (Lipinski definition) is 4. The summed E-state index contributed by atoms with van der Waals surface area (Å²) in [6.45, 7) is 11.6. The minimum Gasteiger partial charge on any atom is -0.463 e. The summed E-state index contributed by atoms with van der Waals surface area (Å²) in [5, 5.41) is 0. The van der Waals surface area contributed by atoms with Gasteiger partial charge in [-0.15, -0.1) is 0 Å². The molecular weight excluding hydrogens is 256 g/mol. The summed E-state index contributed by atoms with van der Waals surface area (Å²) >= 11 is 0. The summed E-state index contributed by atoms with van der Waals surface area (Å²) < 4.78 is 10.4. The molecule has 0 amide bonds. The molecule has 0 aromatic rings. The van der Waals surface area contributed by atoms with Crippen LogP contribution in [0.1, 0.15) is 67.2 Å². The second-order valence-electron chi connectivity index (χ2n) is 6.16. The van der Waals surface area contributed by atoms with Gasteiger partial charge < -0.3 is 9.47 Å². The van der Waals surface area contributed by atoms with Crippen molar-refractivity contribution in [3.8, 4) is 0 Å². The molecule has 0 radical (unpaired) electrons. The van der Waals surface area contributed by atoms with Crippen molar-refractivity contribution in [3.63, 3.8) is 0 Å². The molecule has 0 spiro atoms. The van der Waals surface area contributed by atoms with E-state index in [0.717, 1.165) is 25.7 Å². The highest BCUT2D eigenvalue weighted by Crippen LogP contribution is 2.27. The van der Waals surface area contributed by atoms with Crippen LogP contribution >= 0.6 is 0 Å². The van der Waals surface area contributed by atoms with Crippen LogP contribution in [0, 0.1) is 11.3 Å². The lowest BCUT2D eigenvalue weighted by atomic mass is 9.87. The summed E-state index contributed by atoms with van der Waals surface area (Å²) in [7, 11) is 0. The second-order valence-corrected chi connectivity index (χ2v) is 6.16. The van der Waals surface area contributed by atoms with Gasteiger partial charge in [-0.3, -0.25) is 4.79 Å². The van der Waals surface area contributed by atoms with E-state index in [4.69, 9.17) is 9.47 Å². The first kappa shape index (κ1) is 18.9. The molecule has 0 saturated carbocycles. The van der Waals surface area contributed by atoms with E-state index in [-0.39, 0.29) is 11.9 Å². The zero-order valence-electron chi connectivity index (χ0n) is 13.8. The zero-order chi connectivity index (χ0) is 15.8. The molecule has 0 fully saturated rings. The van der Waals surface area contributed by atoms with Gasteiger partial charge in [0.25, 0.3) is 0 Å². The van der Waals surface area contributed by atoms with Crippen molar-refractivity contribution in [3.05, 3.63) is 0 Å². The van der Waals surface area contributed by atoms with E-state index in [0.29, 0.717) is 6.61 Å². The lowest BCUT2D eigenvalue weighted by molar-refractivity contribution is -0.176. The molecular formula is C16H30O4. The van der Waals surface area contributed by atoms with Gasteiger partial charge >= 0.3 is 11.9 Å². The number of hydrogen-bond donors (Lipinski definition) is 0. The highest BCUT2D eigenvalue weighted by Gasteiger charge is 2.35. The summed E-state index contributed by atoms with van der Waals surface area (Å²) in [5.74, 6) is -0.870. The third-order valence-electron chi connectivity index (χ3n) is 3.32. The van der Waals surface area contributed by atoms with E-state index >= 15 is 0 Å². The standard InChI is InChI=1S/C16H30O4/c1-7-9-10-11-16(5,6)15(18)20-13(12(3)4)14(17)19-8-2/h12-13H,7-11H2,1-6H3. The molecule has 0 aliphatic rings. The number of carbonyl (C=O) groups excluding carboxylic acids is 2. The topological polar surface area (TPSA) is 52.6 Å². The third kappa shape index (κ3) is 6.40. The van der Waals surface area contributed by atoms with Gasteiger partial charge in [-0.25, -0.2) is 4.79 Å². The van der Waals surface area contributed by atoms with E-state index in [1.54, 1.807) is 6.92 Å². The number of ether oxygens (including phenoxy) is 2. The molecule has 0 aliphatic heterocycles. The van der Waals surface area contributed by atoms with Crippen LogP contribution in [0.2, 0.25) is 0 Å². The van der Waals surface area contributed by atoms with Crippen LogP contribution in [0.3, 0.4) is 0 Å². The number of rotatable bonds is 9. The molecule has 0 N–H and O–H groups in total. The van der Waals surface area contributed by atoms with Crippen molar-refractivity contribution in [1.82, 2.24) is 0 Å². The molecule has 0 aromatic carbocycles. The average molecular weight is 286 g/mol. The smallest absolute Gasteiger partial charge is 0.347 e. The lowest BCUT2D eigenvalue weighted by Crippen LogP contribution is -2.38. The van der Waals surface area contributed by atoms with Gasteiger partial charge in [0.05, 0.1) is 12.0 Å². The first-order chi connectivity index (χ1) is 9.26. The monoisotopic (exact) mass is 286 g/mol. The van der Waals surface area contributed by atoms with Gasteiger partial charge in [-0.2, -0.15) is 0 Å². The van der Waals surface area contributed by atoms with Crippen molar-refractivity contribution < 1.29 is 19.1 Å². The van der Waals surface area contributed by atoms with Crippen LogP contribution < -0.4 is 0 Å². The fourth-order valence-corrected chi connectivity index (χ4v) is 1.87. The Morgan fingerprint density at radius 1 is 1.10 bits per heavy atom. The van der Waals surface area contributed by atoms with Gasteiger partial charge in [-0.05, 0) is 27.2 Å². The predicted octanol–water partition coefficient (Wildman–Crippen LogP) is 3.72. The van der Waals surface area contributed by atoms with Gasteiger partial charge in [0.1, 0.15) is 0 Å². The SMILES string of the molecule is CCCCCC(C)(C)C(=O)OC(C(=O)OCC)C(C)C. The molecule has 1 atom stereocenters. The maximum atomic E-state index is 12.3. The van der Waals surface area contributed by atoms with Crippen molar-refractivity contribution >= 4 is 11.9 Å². The summed E-state index contributed by atoms with van der Waals surface area (Å²) in [4.78, 5) is 24.1. The molecule has 0 rings (SSSR count). The molecule has 0 aromatic heterocycles. The molecule has 0 saturated heterocycles. The lowest BCUT2D eigenvalue weighted by Gasteiger charge is -2.27. The molecule has 20 heavy (non-hydrogen) atoms. The predicted molar refractivity (Wildman–Crippen MR) is 79.3 cm³/mol. The molecule has 4 heteroatoms. The Kier molecular flexibility index (Phi) is 8.51. The Labute approximate surface area is 123 Å². The largest absolute Gasteiger partial charge is 0.463 e. The normalized spacial score (nSPS) is 13.2. The molecule has 0 heterocycles. The van der Waals surface area contributed by atoms with Crippen molar-refractivity contribution in [1.29, 1.82) is 0 Å². The Balaban J connectivity index is 4.62. The Hall–Kier alpha value is -1.06. The highest BCUT2D eigenvalue weighted by atomic mass is 16.6. The highest BCUT2D eigenvalue weighted by molar-refractivity contribution is 5.82. The Morgan fingerprint density at radius 2 is 1.70 bits per heavy atom. The van der Waals surface area contributed by atoms with Crippen molar-refractivity contribution in [2.75, 3.05) is 6.61 Å². The van der Waals surface area contributed by atoms with Gasteiger partial charge in [0.15, 0.2) is 0 Å². The van der Waals surface area contributed by atoms with Crippen molar-refractivity contribution in [2.24, 2.45) is 11.3 Å². The van der Waals surface area contributed by atoms with E-state index in [2.05, 4.69) is 6.92 Å². The fourth-order valence-electron chi connectivity index (χ4n) is 1.87. The van der Waals surface area contributed by atoms with Gasteiger partial charge in [0, 0.05) is 5.92 Å². The first-order valence-electron chi connectivity index (χ1n) is 7.64. The molecule has 118 valence electrons. The third-order valence-corrected chi connectivity index (χ3v) is 3.32. The minimum absolute atomic E-state index is 0.0931. The zero-order valence-corrected chi connectivity index (χ0v) is 13.8. The van der Waals surface area contributed by atoms with Crippen LogP contribution in [0.5, 0.6) is 0 Å². The van der Waals surface area contributed by atoms with Crippen LogP contribution in [0.4, 0.5) is 0 Å². The van der Waals surface area contributed by atoms with Crippen LogP contribution in [0.25, 0.3) is 0 Å². The Bertz CT molecular complexity index is 308. The molecule has 1 unspecified atom stereocenters. The maximum absolute atomic E-state index is 12.3. The second kappa shape index (κ2) is 8.98. The Morgan fingerprint density at radius 3 is 2.15 bits per heavy atom. The van der Waals surface area contributed by atoms with Crippen LogP contribution in [0.15, 0.2) is 0 Å². The summed E-state index contributed by atoms with van der Waals surface area (Å²) in [6.07, 6.45) is 3.16. The summed E-state index contributed by atoms with van der Waals surface area (Å²) in [5.41, 5.74) is -0.561. The van der Waals surface area contributed by atoms with Crippen LogP contribution in [-0.2, 0) is 19.1 Å². The average Bonchev–Trinajstić information content (AvgIpc) is 2.35. The van der Waals surface area contributed by atoms with E-state index < -0.39 is 17.5 Å². The molecule has 0 bridgehead atoms. The van der Waals surface area contributed by atoms with E-state index in [1.807, 2.05) is 27.7 Å². The maximum Gasteiger partial charge on any atom is 0.347 e. The minimum atomic E-state index is -0.812. The van der Waals surface area contributed by atoms with Gasteiger partial charge in [0.2, 0.25) is 6.10 Å². The van der Waals surface area contributed by atoms with Crippen molar-refractivity contribution in [2.45, 2.75) is 73.3 Å². The molecule has 0 aliphatic carbocycles. The fraction of sp³-hybridized carbons (Fsp3) is 0.875. The van der Waals surface area contributed by atoms with Gasteiger partial charge in [-0.1, -0.05) is 40.0 Å². The number of unbranched alkanes of at least 4 members (excludes halogenated alkanes) is 2. The van der Waals surface area contributed by atoms with Crippen LogP contribution in [-0.4, -0.2) is 24.6 Å². The van der Waals surface area contributed by atoms with E-state index in [1.165, 1.54) is 0 Å². The first-order valence-corrected chi connectivity index (χ1v) is 7.64. The number of esters is 2. The number of carbonyl (C=O) groups is 2. The van der Waals surface area contributed by atoms with E-state index in [9.17, 15) is 9.59 Å². The molecule has 4 nitrogen and oxygen atoms in total. The quantitative estimate of drug-likeness (QED) is 0.479. The summed E-state index contributed by atoms with van der Waals surface area (Å²) in [6, 6.07) is 0.